The monoisotopic (exact) mass is 583 g/mol. The Labute approximate surface area is 250 Å². The van der Waals surface area contributed by atoms with Crippen molar-refractivity contribution in [1.82, 2.24) is 14.5 Å². The zero-order valence-corrected chi connectivity index (χ0v) is 24.3. The first-order valence-corrected chi connectivity index (χ1v) is 15.5. The lowest BCUT2D eigenvalue weighted by Gasteiger charge is -2.26. The number of oxazole rings is 1. The fourth-order valence-electron chi connectivity index (χ4n) is 7.32. The standard InChI is InChI=1S/C34H37N3O6/c38-25-7-10-27-23(17-25)16-24(33-35-19-26(43-33)8-11-30(39)36-12-14-42-15-13-36)20-37-29-18-22(34(40)41)6-9-28(29)31(32(27)37)21-4-2-1-3-5-21/h6-7,9-10,17-19,21,24,38H,1-5,8,11-16,20H2,(H,40,41). The van der Waals surface area contributed by atoms with E-state index in [4.69, 9.17) is 9.15 Å². The Bertz CT molecular complexity index is 1670. The Hall–Kier alpha value is -4.11. The summed E-state index contributed by atoms with van der Waals surface area (Å²) >= 11 is 0. The Balaban J connectivity index is 1.28. The van der Waals surface area contributed by atoms with Gasteiger partial charge >= 0.3 is 5.97 Å². The molecule has 1 atom stereocenters. The summed E-state index contributed by atoms with van der Waals surface area (Å²) in [6.45, 7) is 2.94. The van der Waals surface area contributed by atoms with Crippen molar-refractivity contribution < 1.29 is 29.0 Å². The number of fused-ring (bicyclic) bond motifs is 5. The highest BCUT2D eigenvalue weighted by atomic mass is 16.5. The van der Waals surface area contributed by atoms with Gasteiger partial charge in [-0.2, -0.15) is 0 Å². The van der Waals surface area contributed by atoms with E-state index in [0.717, 1.165) is 40.6 Å². The van der Waals surface area contributed by atoms with Crippen molar-refractivity contribution in [2.45, 2.75) is 69.7 Å². The van der Waals surface area contributed by atoms with Crippen LogP contribution in [0.1, 0.15) is 83.5 Å². The fourth-order valence-corrected chi connectivity index (χ4v) is 7.32. The SMILES string of the molecule is O=C(O)c1ccc2c(C3CCCCC3)c3n(c2c1)CC(c1ncc(CCC(=O)N2CCOCC2)o1)Cc1cc(O)ccc1-3. The van der Waals surface area contributed by atoms with E-state index in [0.29, 0.717) is 69.7 Å². The van der Waals surface area contributed by atoms with Crippen molar-refractivity contribution in [2.75, 3.05) is 26.3 Å². The number of aryl methyl sites for hydroxylation is 1. The van der Waals surface area contributed by atoms with E-state index < -0.39 is 5.97 Å². The molecule has 1 saturated heterocycles. The van der Waals surface area contributed by atoms with Gasteiger partial charge in [-0.05, 0) is 66.6 Å². The van der Waals surface area contributed by atoms with Crippen LogP contribution in [-0.2, 0) is 28.9 Å². The van der Waals surface area contributed by atoms with Gasteiger partial charge in [-0.3, -0.25) is 4.79 Å². The molecule has 3 aliphatic rings. The van der Waals surface area contributed by atoms with Crippen LogP contribution in [0.2, 0.25) is 0 Å². The van der Waals surface area contributed by atoms with Crippen LogP contribution < -0.4 is 0 Å². The predicted octanol–water partition coefficient (Wildman–Crippen LogP) is 5.88. The molecule has 0 bridgehead atoms. The van der Waals surface area contributed by atoms with Gasteiger partial charge in [-0.25, -0.2) is 9.78 Å². The molecule has 224 valence electrons. The second-order valence-corrected chi connectivity index (χ2v) is 12.1. The van der Waals surface area contributed by atoms with Gasteiger partial charge in [0.2, 0.25) is 5.91 Å². The van der Waals surface area contributed by atoms with Gasteiger partial charge in [-0.15, -0.1) is 0 Å². The Morgan fingerprint density at radius 2 is 1.81 bits per heavy atom. The van der Waals surface area contributed by atoms with E-state index in [-0.39, 0.29) is 23.1 Å². The van der Waals surface area contributed by atoms with E-state index in [1.165, 1.54) is 24.8 Å². The number of phenols is 1. The Morgan fingerprint density at radius 3 is 2.60 bits per heavy atom. The third-order valence-corrected chi connectivity index (χ3v) is 9.45. The van der Waals surface area contributed by atoms with Gasteiger partial charge in [0, 0.05) is 48.9 Å². The van der Waals surface area contributed by atoms with Gasteiger partial charge in [0.15, 0.2) is 5.89 Å². The lowest BCUT2D eigenvalue weighted by atomic mass is 9.81. The molecule has 1 aliphatic carbocycles. The van der Waals surface area contributed by atoms with Crippen LogP contribution in [0, 0.1) is 0 Å². The van der Waals surface area contributed by atoms with E-state index in [9.17, 15) is 19.8 Å². The number of rotatable bonds is 6. The molecule has 43 heavy (non-hydrogen) atoms. The Morgan fingerprint density at radius 1 is 1.00 bits per heavy atom. The zero-order chi connectivity index (χ0) is 29.5. The fraction of sp³-hybridized carbons (Fsp3) is 0.441. The molecule has 2 fully saturated rings. The number of hydrogen-bond acceptors (Lipinski definition) is 6. The maximum Gasteiger partial charge on any atom is 0.335 e. The van der Waals surface area contributed by atoms with E-state index >= 15 is 0 Å². The summed E-state index contributed by atoms with van der Waals surface area (Å²) in [5.74, 6) is 0.859. The van der Waals surface area contributed by atoms with Crippen LogP contribution in [0.15, 0.2) is 47.0 Å². The molecule has 4 heterocycles. The van der Waals surface area contributed by atoms with Crippen molar-refractivity contribution in [1.29, 1.82) is 0 Å². The lowest BCUT2D eigenvalue weighted by Crippen LogP contribution is -2.40. The highest BCUT2D eigenvalue weighted by Crippen LogP contribution is 2.48. The highest BCUT2D eigenvalue weighted by molar-refractivity contribution is 5.98. The smallest absolute Gasteiger partial charge is 0.335 e. The second-order valence-electron chi connectivity index (χ2n) is 12.1. The summed E-state index contributed by atoms with van der Waals surface area (Å²) in [5.41, 5.74) is 5.65. The number of amides is 1. The number of carboxylic acid groups (broad SMARTS) is 1. The zero-order valence-electron chi connectivity index (χ0n) is 24.3. The normalized spacial score (nSPS) is 19.2. The van der Waals surface area contributed by atoms with Crippen molar-refractivity contribution in [3.63, 3.8) is 0 Å². The molecular formula is C34H37N3O6. The van der Waals surface area contributed by atoms with Crippen LogP contribution in [-0.4, -0.2) is 62.8 Å². The average molecular weight is 584 g/mol. The maximum absolute atomic E-state index is 12.7. The van der Waals surface area contributed by atoms with Crippen LogP contribution in [0.4, 0.5) is 0 Å². The van der Waals surface area contributed by atoms with E-state index in [2.05, 4.69) is 9.55 Å². The van der Waals surface area contributed by atoms with Crippen LogP contribution in [0.25, 0.3) is 22.2 Å². The molecule has 1 amide bonds. The number of carbonyl (C=O) groups excluding carboxylic acids is 1. The first-order chi connectivity index (χ1) is 21.0. The first-order valence-electron chi connectivity index (χ1n) is 15.5. The summed E-state index contributed by atoms with van der Waals surface area (Å²) in [7, 11) is 0. The third kappa shape index (κ3) is 5.31. The minimum atomic E-state index is -0.948. The minimum absolute atomic E-state index is 0.0908. The number of carbonyl (C=O) groups is 2. The topological polar surface area (TPSA) is 118 Å². The summed E-state index contributed by atoms with van der Waals surface area (Å²) in [4.78, 5) is 31.3. The summed E-state index contributed by atoms with van der Waals surface area (Å²) in [6, 6.07) is 11.1. The molecule has 9 heteroatoms. The molecule has 2 aromatic heterocycles. The lowest BCUT2D eigenvalue weighted by molar-refractivity contribution is -0.135. The van der Waals surface area contributed by atoms with Gasteiger partial charge in [0.05, 0.1) is 36.6 Å². The predicted molar refractivity (Wildman–Crippen MR) is 160 cm³/mol. The number of aromatic nitrogens is 2. The summed E-state index contributed by atoms with van der Waals surface area (Å²) in [6.07, 6.45) is 8.98. The van der Waals surface area contributed by atoms with Crippen molar-refractivity contribution in [3.05, 3.63) is 70.9 Å². The van der Waals surface area contributed by atoms with Crippen LogP contribution in [0.3, 0.4) is 0 Å². The number of morpholine rings is 1. The number of benzene rings is 2. The largest absolute Gasteiger partial charge is 0.508 e. The molecule has 2 N–H and O–H groups in total. The quantitative estimate of drug-likeness (QED) is 0.291. The number of ether oxygens (including phenoxy) is 1. The molecular weight excluding hydrogens is 546 g/mol. The molecule has 1 saturated carbocycles. The van der Waals surface area contributed by atoms with Crippen molar-refractivity contribution in [2.24, 2.45) is 0 Å². The van der Waals surface area contributed by atoms with Crippen LogP contribution in [0.5, 0.6) is 5.75 Å². The molecule has 0 radical (unpaired) electrons. The minimum Gasteiger partial charge on any atom is -0.508 e. The van der Waals surface area contributed by atoms with Gasteiger partial charge in [-0.1, -0.05) is 25.3 Å². The average Bonchev–Trinajstić information content (AvgIpc) is 3.58. The number of hydrogen-bond donors (Lipinski definition) is 2. The van der Waals surface area contributed by atoms with E-state index in [1.54, 1.807) is 24.4 Å². The van der Waals surface area contributed by atoms with Crippen molar-refractivity contribution in [3.8, 4) is 17.0 Å². The number of nitrogens with zero attached hydrogens (tertiary/aromatic N) is 3. The molecule has 0 spiro atoms. The number of aromatic hydroxyl groups is 1. The van der Waals surface area contributed by atoms with Gasteiger partial charge < -0.3 is 28.8 Å². The molecule has 9 nitrogen and oxygen atoms in total. The molecule has 4 aromatic rings. The number of carboxylic acids is 1. The first kappa shape index (κ1) is 27.7. The summed E-state index contributed by atoms with van der Waals surface area (Å²) < 4.78 is 13.9. The second kappa shape index (κ2) is 11.5. The molecule has 2 aliphatic heterocycles. The molecule has 7 rings (SSSR count). The molecule has 2 aromatic carbocycles. The van der Waals surface area contributed by atoms with Gasteiger partial charge in [0.25, 0.3) is 0 Å². The number of phenolic OH excluding ortho intramolecular Hbond substituents is 1. The van der Waals surface area contributed by atoms with Crippen molar-refractivity contribution >= 4 is 22.8 Å². The number of aromatic carboxylic acids is 1. The molecule has 1 unspecified atom stereocenters. The van der Waals surface area contributed by atoms with Crippen LogP contribution >= 0.6 is 0 Å². The summed E-state index contributed by atoms with van der Waals surface area (Å²) in [5, 5.41) is 21.5. The highest BCUT2D eigenvalue weighted by Gasteiger charge is 2.33. The Kier molecular flexibility index (Phi) is 7.43. The van der Waals surface area contributed by atoms with E-state index in [1.807, 2.05) is 23.1 Å². The third-order valence-electron chi connectivity index (χ3n) is 9.45. The maximum atomic E-state index is 12.7. The van der Waals surface area contributed by atoms with Gasteiger partial charge in [0.1, 0.15) is 11.5 Å².